The van der Waals surface area contributed by atoms with E-state index in [-0.39, 0.29) is 17.9 Å². The average Bonchev–Trinajstić information content (AvgIpc) is 3.88. The van der Waals surface area contributed by atoms with Gasteiger partial charge in [0, 0.05) is 91.6 Å². The predicted octanol–water partition coefficient (Wildman–Crippen LogP) is 6.24. The molecule has 4 saturated heterocycles. The number of nitrogens with zero attached hydrogens (tertiary/aromatic N) is 5. The van der Waals surface area contributed by atoms with Gasteiger partial charge in [-0.2, -0.15) is 13.2 Å². The van der Waals surface area contributed by atoms with Crippen molar-refractivity contribution >= 4 is 47.1 Å². The van der Waals surface area contributed by atoms with E-state index in [1.54, 1.807) is 11.0 Å². The largest absolute Gasteiger partial charge is 0.490 e. The number of carboxylic acids is 1. The SMILES string of the molecule is CC(C)(C)OC(=O)N1CCN(Cc2cccc(Cl)c2C(=O)N2CCCC2)CC1.O=C(O)C(F)(F)F.O=C(c1c(Cl)cccc1CN1CCNCC1)N1CCCC1. The maximum absolute atomic E-state index is 13.0. The van der Waals surface area contributed by atoms with Gasteiger partial charge in [0.25, 0.3) is 11.8 Å². The third-order valence-corrected chi connectivity index (χ3v) is 10.3. The molecule has 0 unspecified atom stereocenters. The molecule has 0 radical (unpaired) electrons. The molecule has 4 fully saturated rings. The van der Waals surface area contributed by atoms with Crippen LogP contribution in [0.25, 0.3) is 0 Å². The van der Waals surface area contributed by atoms with E-state index < -0.39 is 17.7 Å². The van der Waals surface area contributed by atoms with Gasteiger partial charge in [0.05, 0.1) is 21.2 Å². The Morgan fingerprint density at radius 3 is 1.43 bits per heavy atom. The lowest BCUT2D eigenvalue weighted by Gasteiger charge is -2.36. The Labute approximate surface area is 336 Å². The van der Waals surface area contributed by atoms with E-state index in [0.717, 1.165) is 109 Å². The van der Waals surface area contributed by atoms with E-state index in [9.17, 15) is 27.6 Å². The Kier molecular flexibility index (Phi) is 16.7. The lowest BCUT2D eigenvalue weighted by atomic mass is 10.0. The maximum Gasteiger partial charge on any atom is 0.490 e. The number of halogens is 5. The standard InChI is InChI=1S/C21H30ClN3O3.C16H22ClN3O.C2HF3O2/c1-21(2,3)28-20(27)25-13-11-23(12-14-25)15-16-7-6-8-17(22)18(16)19(26)24-9-4-5-10-24;17-14-5-3-4-13(12-19-10-6-18-7-11-19)15(14)16(21)20-8-1-2-9-20;3-2(4,5)1(6)7/h6-8H,4-5,9-15H2,1-3H3;3-5,18H,1-2,6-12H2;(H,6,7). The molecule has 0 aromatic heterocycles. The molecule has 2 aromatic carbocycles. The zero-order valence-electron chi connectivity index (χ0n) is 32.3. The molecule has 3 amide bonds. The Balaban J connectivity index is 0.000000218. The van der Waals surface area contributed by atoms with Crippen molar-refractivity contribution in [1.82, 2.24) is 29.8 Å². The summed E-state index contributed by atoms with van der Waals surface area (Å²) in [7, 11) is 0. The van der Waals surface area contributed by atoms with Crippen molar-refractivity contribution in [3.8, 4) is 0 Å². The number of benzene rings is 2. The fraction of sp³-hybridized carbons (Fsp3) is 0.590. The van der Waals surface area contributed by atoms with Crippen molar-refractivity contribution < 1.29 is 42.2 Å². The van der Waals surface area contributed by atoms with E-state index in [2.05, 4.69) is 15.1 Å². The van der Waals surface area contributed by atoms with Gasteiger partial charge in [0.2, 0.25) is 0 Å². The second kappa shape index (κ2) is 20.7. The quantitative estimate of drug-likeness (QED) is 0.348. The molecule has 4 heterocycles. The number of rotatable bonds is 6. The van der Waals surface area contributed by atoms with E-state index in [4.69, 9.17) is 37.8 Å². The molecular weight excluding hydrogens is 776 g/mol. The first-order valence-electron chi connectivity index (χ1n) is 19.0. The van der Waals surface area contributed by atoms with E-state index >= 15 is 0 Å². The van der Waals surface area contributed by atoms with Crippen LogP contribution in [0.15, 0.2) is 36.4 Å². The maximum atomic E-state index is 13.0. The summed E-state index contributed by atoms with van der Waals surface area (Å²) in [5.41, 5.74) is 2.86. The molecule has 4 aliphatic heterocycles. The zero-order chi connectivity index (χ0) is 41.0. The molecular formula is C39H53Cl2F3N6O6. The van der Waals surface area contributed by atoms with Crippen molar-refractivity contribution in [1.29, 1.82) is 0 Å². The summed E-state index contributed by atoms with van der Waals surface area (Å²) in [5, 5.41) is 11.6. The minimum absolute atomic E-state index is 0.0329. The van der Waals surface area contributed by atoms with Gasteiger partial charge in [0.1, 0.15) is 5.60 Å². The van der Waals surface area contributed by atoms with Gasteiger partial charge in [-0.15, -0.1) is 0 Å². The lowest BCUT2D eigenvalue weighted by molar-refractivity contribution is -0.192. The van der Waals surface area contributed by atoms with Crippen molar-refractivity contribution in [2.45, 2.75) is 71.3 Å². The van der Waals surface area contributed by atoms with Crippen LogP contribution in [-0.2, 0) is 22.6 Å². The second-order valence-electron chi connectivity index (χ2n) is 15.1. The topological polar surface area (TPSA) is 126 Å². The van der Waals surface area contributed by atoms with Crippen LogP contribution in [0, 0.1) is 0 Å². The van der Waals surface area contributed by atoms with Gasteiger partial charge in [-0.25, -0.2) is 9.59 Å². The smallest absolute Gasteiger partial charge is 0.475 e. The van der Waals surface area contributed by atoms with Crippen molar-refractivity contribution in [3.05, 3.63) is 68.7 Å². The molecule has 0 bridgehead atoms. The fourth-order valence-corrected chi connectivity index (χ4v) is 7.35. The first kappa shape index (κ1) is 45.1. The Bertz CT molecular complexity index is 1650. The number of carbonyl (C=O) groups excluding carboxylic acids is 3. The van der Waals surface area contributed by atoms with E-state index in [1.807, 2.05) is 60.9 Å². The molecule has 2 N–H and O–H groups in total. The number of hydrogen-bond donors (Lipinski definition) is 2. The van der Waals surface area contributed by atoms with Gasteiger partial charge in [0.15, 0.2) is 0 Å². The van der Waals surface area contributed by atoms with Gasteiger partial charge >= 0.3 is 18.2 Å². The molecule has 0 spiro atoms. The summed E-state index contributed by atoms with van der Waals surface area (Å²) in [5.74, 6) is -2.62. The number of alkyl halides is 3. The molecule has 6 rings (SSSR count). The third-order valence-electron chi connectivity index (χ3n) is 9.68. The first-order valence-corrected chi connectivity index (χ1v) is 19.8. The number of amides is 3. The average molecular weight is 830 g/mol. The summed E-state index contributed by atoms with van der Waals surface area (Å²) in [6, 6.07) is 11.5. The number of ether oxygens (including phenoxy) is 1. The normalized spacial score (nSPS) is 18.1. The van der Waals surface area contributed by atoms with Crippen molar-refractivity contribution in [2.75, 3.05) is 78.5 Å². The Morgan fingerprint density at radius 1 is 0.661 bits per heavy atom. The van der Waals surface area contributed by atoms with Crippen LogP contribution in [0.2, 0.25) is 10.0 Å². The summed E-state index contributed by atoms with van der Waals surface area (Å²) in [6.45, 7) is 17.2. The van der Waals surface area contributed by atoms with Crippen molar-refractivity contribution in [3.63, 3.8) is 0 Å². The highest BCUT2D eigenvalue weighted by Gasteiger charge is 2.38. The van der Waals surface area contributed by atoms with Crippen LogP contribution >= 0.6 is 23.2 Å². The molecule has 56 heavy (non-hydrogen) atoms. The van der Waals surface area contributed by atoms with E-state index in [0.29, 0.717) is 40.8 Å². The van der Waals surface area contributed by atoms with Gasteiger partial charge in [-0.1, -0.05) is 47.5 Å². The third kappa shape index (κ3) is 13.5. The monoisotopic (exact) mass is 828 g/mol. The number of carboxylic acid groups (broad SMARTS) is 1. The second-order valence-corrected chi connectivity index (χ2v) is 15.9. The number of likely N-dealkylation sites (tertiary alicyclic amines) is 2. The van der Waals surface area contributed by atoms with Crippen LogP contribution in [0.5, 0.6) is 0 Å². The summed E-state index contributed by atoms with van der Waals surface area (Å²) in [4.78, 5) is 57.0. The van der Waals surface area contributed by atoms with Crippen LogP contribution in [-0.4, -0.2) is 144 Å². The molecule has 0 atom stereocenters. The first-order chi connectivity index (χ1) is 26.4. The predicted molar refractivity (Wildman–Crippen MR) is 208 cm³/mol. The summed E-state index contributed by atoms with van der Waals surface area (Å²) in [6.07, 6.45) is -1.04. The Hall–Kier alpha value is -3.63. The van der Waals surface area contributed by atoms with Gasteiger partial charge < -0.3 is 29.9 Å². The molecule has 12 nitrogen and oxygen atoms in total. The lowest BCUT2D eigenvalue weighted by Crippen LogP contribution is -2.49. The van der Waals surface area contributed by atoms with Gasteiger partial charge in [-0.3, -0.25) is 19.4 Å². The number of nitrogens with one attached hydrogen (secondary N) is 1. The highest BCUT2D eigenvalue weighted by atomic mass is 35.5. The zero-order valence-corrected chi connectivity index (χ0v) is 33.8. The summed E-state index contributed by atoms with van der Waals surface area (Å²) >= 11 is 12.8. The molecule has 0 aliphatic carbocycles. The molecule has 4 aliphatic rings. The summed E-state index contributed by atoms with van der Waals surface area (Å²) < 4.78 is 37.2. The highest BCUT2D eigenvalue weighted by molar-refractivity contribution is 6.34. The fourth-order valence-electron chi connectivity index (χ4n) is 6.80. The number of carbonyl (C=O) groups is 4. The number of hydrogen-bond acceptors (Lipinski definition) is 8. The van der Waals surface area contributed by atoms with Crippen LogP contribution in [0.4, 0.5) is 18.0 Å². The van der Waals surface area contributed by atoms with Crippen molar-refractivity contribution in [2.24, 2.45) is 0 Å². The Morgan fingerprint density at radius 2 is 1.05 bits per heavy atom. The highest BCUT2D eigenvalue weighted by Crippen LogP contribution is 2.27. The minimum atomic E-state index is -5.08. The number of aliphatic carboxylic acids is 1. The van der Waals surface area contributed by atoms with E-state index in [1.165, 1.54) is 0 Å². The minimum Gasteiger partial charge on any atom is -0.475 e. The number of piperazine rings is 2. The van der Waals surface area contributed by atoms with Crippen LogP contribution in [0.3, 0.4) is 0 Å². The molecule has 310 valence electrons. The van der Waals surface area contributed by atoms with Crippen LogP contribution in [0.1, 0.15) is 78.3 Å². The van der Waals surface area contributed by atoms with Crippen LogP contribution < -0.4 is 5.32 Å². The molecule has 17 heteroatoms. The molecule has 0 saturated carbocycles. The molecule has 2 aromatic rings. The van der Waals surface area contributed by atoms with Gasteiger partial charge in [-0.05, 0) is 69.7 Å².